The number of nitrogens with zero attached hydrogens (tertiary/aromatic N) is 4. The second-order valence-corrected chi connectivity index (χ2v) is 4.10. The molecule has 2 aromatic rings. The molecule has 2 heterocycles. The lowest BCUT2D eigenvalue weighted by molar-refractivity contribution is 0.634. The summed E-state index contributed by atoms with van der Waals surface area (Å²) in [6.45, 7) is 6.82. The first-order chi connectivity index (χ1) is 8.58. The predicted octanol–water partition coefficient (Wildman–Crippen LogP) is 2.04. The molecule has 0 spiro atoms. The van der Waals surface area contributed by atoms with E-state index in [9.17, 15) is 0 Å². The van der Waals surface area contributed by atoms with Crippen LogP contribution in [0.2, 0.25) is 0 Å². The summed E-state index contributed by atoms with van der Waals surface area (Å²) in [6, 6.07) is 5.52. The summed E-state index contributed by atoms with van der Waals surface area (Å²) in [6.07, 6.45) is 0. The van der Waals surface area contributed by atoms with Crippen LogP contribution in [0.4, 0.5) is 5.82 Å². The molecule has 92 valence electrons. The number of nitrogen functional groups attached to an aromatic ring is 1. The number of aryl methyl sites for hydroxylation is 2. The van der Waals surface area contributed by atoms with Crippen molar-refractivity contribution in [1.29, 1.82) is 5.26 Å². The smallest absolute Gasteiger partial charge is 0.142 e. The molecule has 18 heavy (non-hydrogen) atoms. The van der Waals surface area contributed by atoms with E-state index in [2.05, 4.69) is 10.1 Å². The van der Waals surface area contributed by atoms with Gasteiger partial charge in [-0.25, -0.2) is 4.98 Å². The van der Waals surface area contributed by atoms with Crippen LogP contribution < -0.4 is 5.73 Å². The van der Waals surface area contributed by atoms with Gasteiger partial charge >= 0.3 is 0 Å². The molecule has 2 N–H and O–H groups in total. The number of aromatic nitrogens is 3. The molecular weight excluding hydrogens is 226 g/mol. The van der Waals surface area contributed by atoms with E-state index >= 15 is 0 Å². The van der Waals surface area contributed by atoms with E-state index in [1.54, 1.807) is 6.07 Å². The second-order valence-electron chi connectivity index (χ2n) is 4.10. The fourth-order valence-corrected chi connectivity index (χ4v) is 2.08. The molecule has 0 saturated carbocycles. The molecule has 0 aliphatic carbocycles. The SMILES string of the molecule is CCn1nc(C)c(-c2ccc(C#N)c(N)n2)c1C. The number of nitriles is 1. The number of anilines is 1. The van der Waals surface area contributed by atoms with Crippen LogP contribution in [0.1, 0.15) is 23.9 Å². The van der Waals surface area contributed by atoms with Gasteiger partial charge in [0.25, 0.3) is 0 Å². The quantitative estimate of drug-likeness (QED) is 0.872. The van der Waals surface area contributed by atoms with Crippen LogP contribution in [-0.4, -0.2) is 14.8 Å². The van der Waals surface area contributed by atoms with Gasteiger partial charge in [-0.05, 0) is 32.9 Å². The summed E-state index contributed by atoms with van der Waals surface area (Å²) < 4.78 is 1.93. The highest BCUT2D eigenvalue weighted by Gasteiger charge is 2.14. The third kappa shape index (κ3) is 1.82. The van der Waals surface area contributed by atoms with E-state index in [1.807, 2.05) is 37.6 Å². The molecule has 5 heteroatoms. The Morgan fingerprint density at radius 2 is 2.11 bits per heavy atom. The Morgan fingerprint density at radius 3 is 2.61 bits per heavy atom. The standard InChI is InChI=1S/C13H15N5/c1-4-18-9(3)12(8(2)17-18)11-6-5-10(7-14)13(15)16-11/h5-6H,4H2,1-3H3,(H2,15,16). The number of pyridine rings is 1. The van der Waals surface area contributed by atoms with E-state index in [1.165, 1.54) is 0 Å². The summed E-state index contributed by atoms with van der Waals surface area (Å²) in [7, 11) is 0. The second kappa shape index (κ2) is 4.49. The highest BCUT2D eigenvalue weighted by molar-refractivity contribution is 5.67. The Bertz CT molecular complexity index is 634. The fourth-order valence-electron chi connectivity index (χ4n) is 2.08. The molecule has 0 unspecified atom stereocenters. The molecule has 0 amide bonds. The van der Waals surface area contributed by atoms with Gasteiger partial charge in [-0.3, -0.25) is 4.68 Å². The molecule has 0 saturated heterocycles. The maximum Gasteiger partial charge on any atom is 0.142 e. The van der Waals surface area contributed by atoms with Crippen molar-refractivity contribution in [3.05, 3.63) is 29.1 Å². The molecule has 5 nitrogen and oxygen atoms in total. The van der Waals surface area contributed by atoms with E-state index in [-0.39, 0.29) is 5.82 Å². The Balaban J connectivity index is 2.59. The largest absolute Gasteiger partial charge is 0.383 e. The average molecular weight is 241 g/mol. The zero-order valence-electron chi connectivity index (χ0n) is 10.7. The molecule has 0 fully saturated rings. The number of nitrogens with two attached hydrogens (primary N) is 1. The van der Waals surface area contributed by atoms with Gasteiger partial charge in [-0.15, -0.1) is 0 Å². The van der Waals surface area contributed by atoms with Crippen molar-refractivity contribution < 1.29 is 0 Å². The predicted molar refractivity (Wildman–Crippen MR) is 69.7 cm³/mol. The van der Waals surface area contributed by atoms with Crippen LogP contribution in [0.15, 0.2) is 12.1 Å². The Labute approximate surface area is 106 Å². The van der Waals surface area contributed by atoms with Crippen molar-refractivity contribution in [2.75, 3.05) is 5.73 Å². The first-order valence-corrected chi connectivity index (χ1v) is 5.79. The van der Waals surface area contributed by atoms with Gasteiger partial charge in [0.15, 0.2) is 0 Å². The van der Waals surface area contributed by atoms with Crippen molar-refractivity contribution >= 4 is 5.82 Å². The van der Waals surface area contributed by atoms with Crippen LogP contribution in [0.5, 0.6) is 0 Å². The minimum absolute atomic E-state index is 0.262. The molecule has 2 aromatic heterocycles. The summed E-state index contributed by atoms with van der Waals surface area (Å²) in [5.41, 5.74) is 9.89. The van der Waals surface area contributed by atoms with Gasteiger partial charge in [-0.1, -0.05) is 0 Å². The Morgan fingerprint density at radius 1 is 1.39 bits per heavy atom. The molecule has 0 aromatic carbocycles. The summed E-state index contributed by atoms with van der Waals surface area (Å²) in [5.74, 6) is 0.262. The zero-order valence-corrected chi connectivity index (χ0v) is 10.7. The van der Waals surface area contributed by atoms with Gasteiger partial charge in [0.1, 0.15) is 11.9 Å². The Hall–Kier alpha value is -2.35. The van der Waals surface area contributed by atoms with Crippen LogP contribution in [0, 0.1) is 25.2 Å². The monoisotopic (exact) mass is 241 g/mol. The average Bonchev–Trinajstić information content (AvgIpc) is 2.64. The van der Waals surface area contributed by atoms with Crippen LogP contribution >= 0.6 is 0 Å². The van der Waals surface area contributed by atoms with E-state index < -0.39 is 0 Å². The van der Waals surface area contributed by atoms with E-state index in [0.717, 1.165) is 29.2 Å². The molecule has 2 rings (SSSR count). The maximum atomic E-state index is 8.84. The first kappa shape index (κ1) is 12.1. The van der Waals surface area contributed by atoms with Gasteiger partial charge in [0, 0.05) is 17.8 Å². The minimum atomic E-state index is 0.262. The summed E-state index contributed by atoms with van der Waals surface area (Å²) in [5, 5.41) is 13.3. The highest BCUT2D eigenvalue weighted by atomic mass is 15.3. The van der Waals surface area contributed by atoms with E-state index in [4.69, 9.17) is 11.0 Å². The van der Waals surface area contributed by atoms with Crippen molar-refractivity contribution in [2.45, 2.75) is 27.3 Å². The molecule has 0 aliphatic heterocycles. The number of hydrogen-bond acceptors (Lipinski definition) is 4. The first-order valence-electron chi connectivity index (χ1n) is 5.79. The number of hydrogen-bond donors (Lipinski definition) is 1. The van der Waals surface area contributed by atoms with Crippen LogP contribution in [0.3, 0.4) is 0 Å². The van der Waals surface area contributed by atoms with Crippen molar-refractivity contribution in [3.8, 4) is 17.3 Å². The lowest BCUT2D eigenvalue weighted by Crippen LogP contribution is -1.99. The lowest BCUT2D eigenvalue weighted by Gasteiger charge is -2.04. The molecular formula is C13H15N5. The van der Waals surface area contributed by atoms with Gasteiger partial charge in [0.2, 0.25) is 0 Å². The van der Waals surface area contributed by atoms with Crippen molar-refractivity contribution in [3.63, 3.8) is 0 Å². The molecule has 0 aliphatic rings. The van der Waals surface area contributed by atoms with Crippen molar-refractivity contribution in [2.24, 2.45) is 0 Å². The minimum Gasteiger partial charge on any atom is -0.383 e. The molecule has 0 bridgehead atoms. The van der Waals surface area contributed by atoms with Gasteiger partial charge in [-0.2, -0.15) is 10.4 Å². The zero-order chi connectivity index (χ0) is 13.3. The molecule has 0 radical (unpaired) electrons. The number of rotatable bonds is 2. The highest BCUT2D eigenvalue weighted by Crippen LogP contribution is 2.26. The Kier molecular flexibility index (Phi) is 3.02. The summed E-state index contributed by atoms with van der Waals surface area (Å²) in [4.78, 5) is 4.29. The van der Waals surface area contributed by atoms with E-state index in [0.29, 0.717) is 5.56 Å². The third-order valence-electron chi connectivity index (χ3n) is 2.98. The third-order valence-corrected chi connectivity index (χ3v) is 2.98. The normalized spacial score (nSPS) is 10.3. The topological polar surface area (TPSA) is 80.5 Å². The lowest BCUT2D eigenvalue weighted by atomic mass is 10.1. The van der Waals surface area contributed by atoms with Crippen LogP contribution in [0.25, 0.3) is 11.3 Å². The van der Waals surface area contributed by atoms with Gasteiger partial charge in [0.05, 0.1) is 17.0 Å². The maximum absolute atomic E-state index is 8.84. The van der Waals surface area contributed by atoms with Crippen LogP contribution in [-0.2, 0) is 6.54 Å². The molecule has 0 atom stereocenters. The fraction of sp³-hybridized carbons (Fsp3) is 0.308. The van der Waals surface area contributed by atoms with Gasteiger partial charge < -0.3 is 5.73 Å². The summed E-state index contributed by atoms with van der Waals surface area (Å²) >= 11 is 0. The van der Waals surface area contributed by atoms with Crippen molar-refractivity contribution in [1.82, 2.24) is 14.8 Å².